The number of hydrogen-bond acceptors (Lipinski definition) is 9. The highest BCUT2D eigenvalue weighted by atomic mass is 16.6. The third kappa shape index (κ3) is 14.6. The molecule has 1 aromatic carbocycles. The number of hydrogen-bond donors (Lipinski definition) is 4. The van der Waals surface area contributed by atoms with E-state index >= 15 is 0 Å². The molecule has 0 aliphatic heterocycles. The predicted octanol–water partition coefficient (Wildman–Crippen LogP) is 1.07. The third-order valence-corrected chi connectivity index (χ3v) is 4.67. The monoisotopic (exact) mass is 510 g/mol. The molecule has 0 aromatic heterocycles. The van der Waals surface area contributed by atoms with Gasteiger partial charge in [0.2, 0.25) is 5.91 Å². The number of nitrogens with two attached hydrogens (primary N) is 1. The molecule has 0 heterocycles. The highest BCUT2D eigenvalue weighted by Crippen LogP contribution is 2.13. The Labute approximate surface area is 213 Å². The van der Waals surface area contributed by atoms with E-state index in [1.54, 1.807) is 52.1 Å². The first-order valence-corrected chi connectivity index (χ1v) is 12.2. The van der Waals surface area contributed by atoms with E-state index in [1.165, 1.54) is 0 Å². The second-order valence-corrected chi connectivity index (χ2v) is 8.90. The summed E-state index contributed by atoms with van der Waals surface area (Å²) in [5, 5.41) is 8.41. The van der Waals surface area contributed by atoms with Crippen LogP contribution < -0.4 is 21.7 Å². The first-order valence-electron chi connectivity index (χ1n) is 12.2. The lowest BCUT2D eigenvalue weighted by atomic mass is 10.1. The lowest BCUT2D eigenvalue weighted by Crippen LogP contribution is -2.45. The molecule has 2 amide bonds. The summed E-state index contributed by atoms with van der Waals surface area (Å²) in [6.45, 7) is 8.65. The maximum atomic E-state index is 12.7. The number of ether oxygens (including phenoxy) is 4. The molecule has 204 valence electrons. The van der Waals surface area contributed by atoms with E-state index in [9.17, 15) is 14.4 Å². The van der Waals surface area contributed by atoms with Gasteiger partial charge in [-0.3, -0.25) is 9.59 Å². The lowest BCUT2D eigenvalue weighted by Gasteiger charge is -2.24. The van der Waals surface area contributed by atoms with Gasteiger partial charge in [0.15, 0.2) is 0 Å². The van der Waals surface area contributed by atoms with Crippen LogP contribution in [0.15, 0.2) is 24.3 Å². The van der Waals surface area contributed by atoms with Crippen LogP contribution in [-0.2, 0) is 28.5 Å². The van der Waals surface area contributed by atoms with Gasteiger partial charge in [-0.2, -0.15) is 0 Å². The Morgan fingerprint density at radius 2 is 1.50 bits per heavy atom. The zero-order valence-electron chi connectivity index (χ0n) is 21.9. The molecule has 0 spiro atoms. The fraction of sp³-hybridized carbons (Fsp3) is 0.640. The fourth-order valence-corrected chi connectivity index (χ4v) is 2.90. The molecule has 0 saturated carbocycles. The van der Waals surface area contributed by atoms with E-state index in [0.717, 1.165) is 5.69 Å². The van der Waals surface area contributed by atoms with Crippen LogP contribution in [0.1, 0.15) is 44.0 Å². The molecule has 0 aliphatic carbocycles. The highest BCUT2D eigenvalue weighted by Gasteiger charge is 2.27. The van der Waals surface area contributed by atoms with E-state index < -0.39 is 23.5 Å². The molecular weight excluding hydrogens is 468 g/mol. The second kappa shape index (κ2) is 17.7. The Bertz CT molecular complexity index is 782. The summed E-state index contributed by atoms with van der Waals surface area (Å²) in [6.07, 6.45) is 0.136. The Morgan fingerprint density at radius 1 is 0.917 bits per heavy atom. The van der Waals surface area contributed by atoms with Gasteiger partial charge in [-0.1, -0.05) is 0 Å². The number of nitrogens with one attached hydrogen (secondary N) is 3. The van der Waals surface area contributed by atoms with Crippen molar-refractivity contribution in [2.45, 2.75) is 45.3 Å². The van der Waals surface area contributed by atoms with E-state index in [1.807, 2.05) is 0 Å². The standard InChI is InChI=1S/C25H42N4O7/c1-25(2,3)36-24(32)21(29-23(31)19-5-7-20(27-4)8-6-19)9-10-22(30)28-12-14-34-16-18-35-17-15-33-13-11-26/h5-8,21,27H,9-18,26H2,1-4H3,(H,28,30)(H,29,31)/t21-/m0/s1. The Kier molecular flexibility index (Phi) is 15.4. The maximum Gasteiger partial charge on any atom is 0.329 e. The highest BCUT2D eigenvalue weighted by molar-refractivity contribution is 5.97. The van der Waals surface area contributed by atoms with Crippen molar-refractivity contribution in [3.05, 3.63) is 29.8 Å². The van der Waals surface area contributed by atoms with Gasteiger partial charge in [0, 0.05) is 37.8 Å². The SMILES string of the molecule is CNc1ccc(C(=O)N[C@@H](CCC(=O)NCCOCCOCCOCCN)C(=O)OC(C)(C)C)cc1. The van der Waals surface area contributed by atoms with Gasteiger partial charge in [-0.15, -0.1) is 0 Å². The van der Waals surface area contributed by atoms with Gasteiger partial charge in [0.05, 0.1) is 39.6 Å². The summed E-state index contributed by atoms with van der Waals surface area (Å²) in [5.74, 6) is -1.27. The molecule has 36 heavy (non-hydrogen) atoms. The molecule has 1 aromatic rings. The lowest BCUT2D eigenvalue weighted by molar-refractivity contribution is -0.157. The molecule has 5 N–H and O–H groups in total. The zero-order valence-corrected chi connectivity index (χ0v) is 21.9. The van der Waals surface area contributed by atoms with Crippen molar-refractivity contribution in [1.82, 2.24) is 10.6 Å². The normalized spacial score (nSPS) is 12.0. The number of amides is 2. The largest absolute Gasteiger partial charge is 0.458 e. The quantitative estimate of drug-likeness (QED) is 0.168. The number of carbonyl (C=O) groups excluding carboxylic acids is 3. The van der Waals surface area contributed by atoms with Crippen molar-refractivity contribution in [1.29, 1.82) is 0 Å². The molecule has 0 fully saturated rings. The molecule has 0 radical (unpaired) electrons. The molecule has 0 bridgehead atoms. The van der Waals surface area contributed by atoms with E-state index in [-0.39, 0.29) is 18.7 Å². The minimum Gasteiger partial charge on any atom is -0.458 e. The minimum absolute atomic E-state index is 0.0365. The summed E-state index contributed by atoms with van der Waals surface area (Å²) in [6, 6.07) is 5.86. The average Bonchev–Trinajstić information content (AvgIpc) is 2.83. The molecular formula is C25H42N4O7. The Morgan fingerprint density at radius 3 is 2.06 bits per heavy atom. The van der Waals surface area contributed by atoms with Crippen molar-refractivity contribution in [2.24, 2.45) is 5.73 Å². The fourth-order valence-electron chi connectivity index (χ4n) is 2.90. The Balaban J connectivity index is 2.41. The molecule has 1 rings (SSSR count). The van der Waals surface area contributed by atoms with Crippen LogP contribution in [0.4, 0.5) is 5.69 Å². The van der Waals surface area contributed by atoms with Crippen LogP contribution in [0.2, 0.25) is 0 Å². The van der Waals surface area contributed by atoms with Crippen LogP contribution in [-0.4, -0.2) is 89.2 Å². The van der Waals surface area contributed by atoms with Crippen molar-refractivity contribution < 1.29 is 33.3 Å². The molecule has 11 heteroatoms. The van der Waals surface area contributed by atoms with Crippen molar-refractivity contribution >= 4 is 23.5 Å². The Hall–Kier alpha value is -2.73. The van der Waals surface area contributed by atoms with Gasteiger partial charge in [0.1, 0.15) is 11.6 Å². The summed E-state index contributed by atoms with van der Waals surface area (Å²) in [4.78, 5) is 37.6. The van der Waals surface area contributed by atoms with Crippen molar-refractivity contribution in [3.8, 4) is 0 Å². The van der Waals surface area contributed by atoms with Gasteiger partial charge >= 0.3 is 5.97 Å². The van der Waals surface area contributed by atoms with E-state index in [4.69, 9.17) is 24.7 Å². The summed E-state index contributed by atoms with van der Waals surface area (Å²) in [7, 11) is 1.78. The van der Waals surface area contributed by atoms with Crippen molar-refractivity contribution in [2.75, 3.05) is 65.1 Å². The smallest absolute Gasteiger partial charge is 0.329 e. The van der Waals surface area contributed by atoms with Crippen LogP contribution >= 0.6 is 0 Å². The van der Waals surface area contributed by atoms with E-state index in [2.05, 4.69) is 16.0 Å². The zero-order chi connectivity index (χ0) is 26.8. The molecule has 0 saturated heterocycles. The second-order valence-electron chi connectivity index (χ2n) is 8.90. The number of carbonyl (C=O) groups is 3. The van der Waals surface area contributed by atoms with Crippen LogP contribution in [0.3, 0.4) is 0 Å². The van der Waals surface area contributed by atoms with E-state index in [0.29, 0.717) is 58.3 Å². The summed E-state index contributed by atoms with van der Waals surface area (Å²) < 4.78 is 21.4. The van der Waals surface area contributed by atoms with Gasteiger partial charge < -0.3 is 40.6 Å². The summed E-state index contributed by atoms with van der Waals surface area (Å²) in [5.41, 5.74) is 5.85. The molecule has 11 nitrogen and oxygen atoms in total. The average molecular weight is 511 g/mol. The van der Waals surface area contributed by atoms with Crippen LogP contribution in [0.25, 0.3) is 0 Å². The number of benzene rings is 1. The first kappa shape index (κ1) is 31.3. The molecule has 0 aliphatic rings. The molecule has 1 atom stereocenters. The number of rotatable bonds is 18. The maximum absolute atomic E-state index is 12.7. The summed E-state index contributed by atoms with van der Waals surface area (Å²) >= 11 is 0. The van der Waals surface area contributed by atoms with Crippen molar-refractivity contribution in [3.63, 3.8) is 0 Å². The topological polar surface area (TPSA) is 150 Å². The van der Waals surface area contributed by atoms with Crippen LogP contribution in [0, 0.1) is 0 Å². The third-order valence-electron chi connectivity index (χ3n) is 4.67. The molecule has 0 unspecified atom stereocenters. The van der Waals surface area contributed by atoms with Gasteiger partial charge in [-0.25, -0.2) is 4.79 Å². The number of anilines is 1. The van der Waals surface area contributed by atoms with Gasteiger partial charge in [-0.05, 0) is 51.5 Å². The number of esters is 1. The first-order chi connectivity index (χ1) is 17.2. The van der Waals surface area contributed by atoms with Crippen LogP contribution in [0.5, 0.6) is 0 Å². The van der Waals surface area contributed by atoms with Gasteiger partial charge in [0.25, 0.3) is 5.91 Å². The predicted molar refractivity (Wildman–Crippen MR) is 137 cm³/mol. The minimum atomic E-state index is -0.964.